The molecule has 2 aromatic rings. The number of benzene rings is 2. The number of likely N-dealkylation sites (tertiary alicyclic amines) is 1. The monoisotopic (exact) mass is 421 g/mol. The molecule has 0 aromatic heterocycles. The van der Waals surface area contributed by atoms with Gasteiger partial charge >= 0.3 is 0 Å². The second kappa shape index (κ2) is 8.51. The van der Waals surface area contributed by atoms with Gasteiger partial charge < -0.3 is 10.2 Å². The molecule has 2 N–H and O–H groups in total. The molecule has 2 heterocycles. The standard InChI is InChI=1S/C20H23N3O3S.ClH/c24-20(23-12-11-16-9-10-18(14-23)21-16)15-5-4-6-17(13-15)22-27(25,26)19-7-2-1-3-8-19;/h1-8,13,16,18,21-22H,9-12,14H2;1H. The van der Waals surface area contributed by atoms with Crippen molar-refractivity contribution < 1.29 is 13.2 Å². The molecular formula is C20H24ClN3O3S. The second-order valence-electron chi connectivity index (χ2n) is 7.18. The number of anilines is 1. The summed E-state index contributed by atoms with van der Waals surface area (Å²) in [6.07, 6.45) is 3.25. The third kappa shape index (κ3) is 4.48. The molecular weight excluding hydrogens is 398 g/mol. The molecule has 2 unspecified atom stereocenters. The van der Waals surface area contributed by atoms with Gasteiger partial charge in [0.1, 0.15) is 0 Å². The minimum absolute atomic E-state index is 0. The van der Waals surface area contributed by atoms with E-state index in [1.54, 1.807) is 42.5 Å². The smallest absolute Gasteiger partial charge is 0.261 e. The molecule has 2 saturated heterocycles. The highest BCUT2D eigenvalue weighted by Crippen LogP contribution is 2.23. The molecule has 2 fully saturated rings. The van der Waals surface area contributed by atoms with Crippen molar-refractivity contribution >= 4 is 34.0 Å². The van der Waals surface area contributed by atoms with Crippen molar-refractivity contribution in [3.63, 3.8) is 0 Å². The van der Waals surface area contributed by atoms with Crippen LogP contribution in [0.25, 0.3) is 0 Å². The SMILES string of the molecule is Cl.O=C(c1cccc(NS(=O)(=O)c2ccccc2)c1)N1CCC2CCC(C1)N2. The van der Waals surface area contributed by atoms with E-state index in [0.29, 0.717) is 29.9 Å². The Balaban J connectivity index is 0.00000225. The highest BCUT2D eigenvalue weighted by Gasteiger charge is 2.31. The molecule has 8 heteroatoms. The fraction of sp³-hybridized carbons (Fsp3) is 0.350. The molecule has 2 aromatic carbocycles. The molecule has 0 aliphatic carbocycles. The summed E-state index contributed by atoms with van der Waals surface area (Å²) in [6.45, 7) is 1.43. The van der Waals surface area contributed by atoms with E-state index in [4.69, 9.17) is 0 Å². The van der Waals surface area contributed by atoms with Crippen LogP contribution in [-0.4, -0.2) is 44.4 Å². The summed E-state index contributed by atoms with van der Waals surface area (Å²) >= 11 is 0. The van der Waals surface area contributed by atoms with Crippen LogP contribution in [0, 0.1) is 0 Å². The van der Waals surface area contributed by atoms with Crippen LogP contribution in [0.15, 0.2) is 59.5 Å². The number of carbonyl (C=O) groups excluding carboxylic acids is 1. The Morgan fingerprint density at radius 1 is 1.00 bits per heavy atom. The second-order valence-corrected chi connectivity index (χ2v) is 8.86. The van der Waals surface area contributed by atoms with Gasteiger partial charge in [-0.3, -0.25) is 9.52 Å². The number of rotatable bonds is 4. The third-order valence-corrected chi connectivity index (χ3v) is 6.62. The molecule has 150 valence electrons. The number of nitrogens with one attached hydrogen (secondary N) is 2. The first-order valence-corrected chi connectivity index (χ1v) is 10.7. The van der Waals surface area contributed by atoms with Gasteiger partial charge in [-0.05, 0) is 49.6 Å². The number of hydrogen-bond donors (Lipinski definition) is 2. The molecule has 6 nitrogen and oxygen atoms in total. The Labute approximate surface area is 171 Å². The number of sulfonamides is 1. The predicted octanol–water partition coefficient (Wildman–Crippen LogP) is 2.88. The number of halogens is 1. The average Bonchev–Trinajstić information content (AvgIpc) is 3.00. The van der Waals surface area contributed by atoms with Crippen molar-refractivity contribution in [2.24, 2.45) is 0 Å². The van der Waals surface area contributed by atoms with Crippen LogP contribution < -0.4 is 10.0 Å². The Kier molecular flexibility index (Phi) is 6.27. The van der Waals surface area contributed by atoms with E-state index in [1.807, 2.05) is 4.90 Å². The summed E-state index contributed by atoms with van der Waals surface area (Å²) in [5.41, 5.74) is 0.889. The molecule has 2 aliphatic heterocycles. The van der Waals surface area contributed by atoms with E-state index in [0.717, 1.165) is 19.4 Å². The molecule has 1 amide bonds. The Morgan fingerprint density at radius 2 is 1.75 bits per heavy atom. The molecule has 0 saturated carbocycles. The highest BCUT2D eigenvalue weighted by molar-refractivity contribution is 7.92. The van der Waals surface area contributed by atoms with Crippen LogP contribution in [-0.2, 0) is 10.0 Å². The lowest BCUT2D eigenvalue weighted by Gasteiger charge is -2.24. The molecule has 0 spiro atoms. The molecule has 4 rings (SSSR count). The quantitative estimate of drug-likeness (QED) is 0.795. The van der Waals surface area contributed by atoms with Crippen molar-refractivity contribution in [2.75, 3.05) is 17.8 Å². The van der Waals surface area contributed by atoms with Crippen LogP contribution >= 0.6 is 12.4 Å². The fourth-order valence-electron chi connectivity index (χ4n) is 3.84. The van der Waals surface area contributed by atoms with E-state index in [2.05, 4.69) is 10.0 Å². The van der Waals surface area contributed by atoms with Crippen molar-refractivity contribution in [3.05, 3.63) is 60.2 Å². The first kappa shape index (κ1) is 20.6. The van der Waals surface area contributed by atoms with Gasteiger partial charge in [-0.25, -0.2) is 8.42 Å². The van der Waals surface area contributed by atoms with Gasteiger partial charge in [0.15, 0.2) is 0 Å². The lowest BCUT2D eigenvalue weighted by Crippen LogP contribution is -2.39. The van der Waals surface area contributed by atoms with Gasteiger partial charge in [0.05, 0.1) is 4.90 Å². The summed E-state index contributed by atoms with van der Waals surface area (Å²) in [5.74, 6) is -0.0508. The Bertz CT molecular complexity index is 937. The molecule has 2 bridgehead atoms. The maximum atomic E-state index is 12.9. The first-order chi connectivity index (χ1) is 13.0. The van der Waals surface area contributed by atoms with E-state index >= 15 is 0 Å². The van der Waals surface area contributed by atoms with Gasteiger partial charge in [-0.1, -0.05) is 24.3 Å². The highest BCUT2D eigenvalue weighted by atomic mass is 35.5. The predicted molar refractivity (Wildman–Crippen MR) is 111 cm³/mol. The van der Waals surface area contributed by atoms with E-state index in [-0.39, 0.29) is 23.2 Å². The zero-order chi connectivity index (χ0) is 18.9. The average molecular weight is 422 g/mol. The van der Waals surface area contributed by atoms with Crippen LogP contribution in [0.4, 0.5) is 5.69 Å². The van der Waals surface area contributed by atoms with Crippen molar-refractivity contribution in [3.8, 4) is 0 Å². The normalized spacial score (nSPS) is 21.5. The van der Waals surface area contributed by atoms with Gasteiger partial charge in [-0.15, -0.1) is 12.4 Å². The summed E-state index contributed by atoms with van der Waals surface area (Å²) in [7, 11) is -3.68. The topological polar surface area (TPSA) is 78.5 Å². The van der Waals surface area contributed by atoms with E-state index in [1.165, 1.54) is 18.6 Å². The number of fused-ring (bicyclic) bond motifs is 2. The van der Waals surface area contributed by atoms with Crippen LogP contribution in [0.2, 0.25) is 0 Å². The van der Waals surface area contributed by atoms with Crippen molar-refractivity contribution in [1.29, 1.82) is 0 Å². The van der Waals surface area contributed by atoms with Crippen LogP contribution in [0.5, 0.6) is 0 Å². The lowest BCUT2D eigenvalue weighted by molar-refractivity contribution is 0.0748. The molecule has 28 heavy (non-hydrogen) atoms. The fourth-order valence-corrected chi connectivity index (χ4v) is 4.91. The first-order valence-electron chi connectivity index (χ1n) is 9.24. The zero-order valence-electron chi connectivity index (χ0n) is 15.4. The summed E-state index contributed by atoms with van der Waals surface area (Å²) in [5, 5.41) is 3.56. The van der Waals surface area contributed by atoms with Gasteiger partial charge in [-0.2, -0.15) is 0 Å². The van der Waals surface area contributed by atoms with Gasteiger partial charge in [0, 0.05) is 36.4 Å². The zero-order valence-corrected chi connectivity index (χ0v) is 17.0. The number of hydrogen-bond acceptors (Lipinski definition) is 4. The Morgan fingerprint density at radius 3 is 2.54 bits per heavy atom. The van der Waals surface area contributed by atoms with Crippen LogP contribution in [0.3, 0.4) is 0 Å². The van der Waals surface area contributed by atoms with E-state index in [9.17, 15) is 13.2 Å². The molecule has 0 radical (unpaired) electrons. The van der Waals surface area contributed by atoms with Crippen LogP contribution in [0.1, 0.15) is 29.6 Å². The van der Waals surface area contributed by atoms with E-state index < -0.39 is 10.0 Å². The summed E-state index contributed by atoms with van der Waals surface area (Å²) in [6, 6.07) is 15.8. The van der Waals surface area contributed by atoms with Crippen molar-refractivity contribution in [2.45, 2.75) is 36.2 Å². The summed E-state index contributed by atoms with van der Waals surface area (Å²) < 4.78 is 27.6. The maximum absolute atomic E-state index is 12.9. The Hall–Kier alpha value is -2.09. The maximum Gasteiger partial charge on any atom is 0.261 e. The third-order valence-electron chi connectivity index (χ3n) is 5.23. The van der Waals surface area contributed by atoms with Gasteiger partial charge in [0.2, 0.25) is 0 Å². The minimum atomic E-state index is -3.68. The number of carbonyl (C=O) groups is 1. The van der Waals surface area contributed by atoms with Gasteiger partial charge in [0.25, 0.3) is 15.9 Å². The summed E-state index contributed by atoms with van der Waals surface area (Å²) in [4.78, 5) is 15.0. The van der Waals surface area contributed by atoms with Crippen molar-refractivity contribution in [1.82, 2.24) is 10.2 Å². The molecule has 2 aliphatic rings. The number of nitrogens with zero attached hydrogens (tertiary/aromatic N) is 1. The number of amides is 1. The minimum Gasteiger partial charge on any atom is -0.337 e. The largest absolute Gasteiger partial charge is 0.337 e. The lowest BCUT2D eigenvalue weighted by atomic mass is 10.1. The molecule has 2 atom stereocenters.